The van der Waals surface area contributed by atoms with Crippen LogP contribution >= 0.6 is 0 Å². The van der Waals surface area contributed by atoms with Crippen LogP contribution in [-0.2, 0) is 0 Å². The SMILES string of the molecule is CC(C)c1cncc2c(N)noc12. The highest BCUT2D eigenvalue weighted by molar-refractivity contribution is 5.88. The molecule has 0 radical (unpaired) electrons. The Bertz CT molecular complexity index is 433. The zero-order chi connectivity index (χ0) is 9.42. The van der Waals surface area contributed by atoms with Crippen molar-refractivity contribution in [2.75, 3.05) is 5.73 Å². The number of nitrogen functional groups attached to an aromatic ring is 1. The second-order valence-electron chi connectivity index (χ2n) is 3.33. The Labute approximate surface area is 75.7 Å². The van der Waals surface area contributed by atoms with E-state index in [0.717, 1.165) is 16.5 Å². The number of hydrogen-bond acceptors (Lipinski definition) is 4. The summed E-state index contributed by atoms with van der Waals surface area (Å²) in [5, 5.41) is 4.50. The first kappa shape index (κ1) is 8.04. The third-order valence-corrected chi connectivity index (χ3v) is 2.06. The molecule has 2 aromatic rings. The summed E-state index contributed by atoms with van der Waals surface area (Å²) in [7, 11) is 0. The molecule has 0 aliphatic heterocycles. The van der Waals surface area contributed by atoms with Gasteiger partial charge < -0.3 is 10.3 Å². The van der Waals surface area contributed by atoms with Crippen LogP contribution in [0.5, 0.6) is 0 Å². The molecule has 0 saturated carbocycles. The highest BCUT2D eigenvalue weighted by Gasteiger charge is 2.12. The van der Waals surface area contributed by atoms with Crippen molar-refractivity contribution in [3.63, 3.8) is 0 Å². The number of rotatable bonds is 1. The Morgan fingerprint density at radius 2 is 2.15 bits per heavy atom. The normalized spacial score (nSPS) is 11.3. The van der Waals surface area contributed by atoms with Crippen LogP contribution in [0.4, 0.5) is 5.82 Å². The minimum Gasteiger partial charge on any atom is -0.380 e. The van der Waals surface area contributed by atoms with E-state index in [1.54, 1.807) is 12.4 Å². The van der Waals surface area contributed by atoms with Crippen LogP contribution in [0, 0.1) is 0 Å². The van der Waals surface area contributed by atoms with Crippen LogP contribution in [0.2, 0.25) is 0 Å². The maximum atomic E-state index is 5.60. The number of nitrogens with two attached hydrogens (primary N) is 1. The van der Waals surface area contributed by atoms with Crippen molar-refractivity contribution in [1.82, 2.24) is 10.1 Å². The molecule has 0 unspecified atom stereocenters. The molecule has 0 bridgehead atoms. The molecule has 2 aromatic heterocycles. The van der Waals surface area contributed by atoms with Gasteiger partial charge >= 0.3 is 0 Å². The van der Waals surface area contributed by atoms with Gasteiger partial charge in [-0.25, -0.2) is 0 Å². The van der Waals surface area contributed by atoms with Crippen LogP contribution in [0.3, 0.4) is 0 Å². The maximum Gasteiger partial charge on any atom is 0.176 e. The van der Waals surface area contributed by atoms with Gasteiger partial charge in [0, 0.05) is 18.0 Å². The van der Waals surface area contributed by atoms with E-state index in [1.165, 1.54) is 0 Å². The molecule has 0 saturated heterocycles. The van der Waals surface area contributed by atoms with Gasteiger partial charge in [0.1, 0.15) is 0 Å². The monoisotopic (exact) mass is 177 g/mol. The predicted octanol–water partition coefficient (Wildman–Crippen LogP) is 1.93. The van der Waals surface area contributed by atoms with Crippen molar-refractivity contribution < 1.29 is 4.52 Å². The molecule has 68 valence electrons. The van der Waals surface area contributed by atoms with Crippen LogP contribution in [0.25, 0.3) is 11.0 Å². The molecule has 0 spiro atoms. The lowest BCUT2D eigenvalue weighted by Crippen LogP contribution is -1.90. The van der Waals surface area contributed by atoms with Crippen molar-refractivity contribution in [2.24, 2.45) is 0 Å². The van der Waals surface area contributed by atoms with Gasteiger partial charge in [0.05, 0.1) is 5.39 Å². The van der Waals surface area contributed by atoms with Gasteiger partial charge in [-0.2, -0.15) is 0 Å². The van der Waals surface area contributed by atoms with Gasteiger partial charge in [-0.3, -0.25) is 4.98 Å². The number of pyridine rings is 1. The Balaban J connectivity index is 2.77. The largest absolute Gasteiger partial charge is 0.380 e. The Kier molecular flexibility index (Phi) is 1.69. The molecule has 0 atom stereocenters. The van der Waals surface area contributed by atoms with E-state index in [0.29, 0.717) is 11.7 Å². The highest BCUT2D eigenvalue weighted by Crippen LogP contribution is 2.26. The van der Waals surface area contributed by atoms with Gasteiger partial charge in [0.25, 0.3) is 0 Å². The van der Waals surface area contributed by atoms with Gasteiger partial charge in [-0.1, -0.05) is 19.0 Å². The van der Waals surface area contributed by atoms with Crippen molar-refractivity contribution >= 4 is 16.8 Å². The van der Waals surface area contributed by atoms with Crippen molar-refractivity contribution in [3.05, 3.63) is 18.0 Å². The molecule has 0 amide bonds. The molecule has 0 aliphatic rings. The number of hydrogen-bond donors (Lipinski definition) is 1. The zero-order valence-electron chi connectivity index (χ0n) is 7.61. The van der Waals surface area contributed by atoms with Crippen LogP contribution < -0.4 is 5.73 Å². The van der Waals surface area contributed by atoms with Crippen molar-refractivity contribution in [2.45, 2.75) is 19.8 Å². The fraction of sp³-hybridized carbons (Fsp3) is 0.333. The molecular formula is C9H11N3O. The summed E-state index contributed by atoms with van der Waals surface area (Å²) in [5.74, 6) is 0.772. The molecule has 0 aromatic carbocycles. The van der Waals surface area contributed by atoms with E-state index in [4.69, 9.17) is 10.3 Å². The third-order valence-electron chi connectivity index (χ3n) is 2.06. The summed E-state index contributed by atoms with van der Waals surface area (Å²) in [6.45, 7) is 4.16. The highest BCUT2D eigenvalue weighted by atomic mass is 16.5. The van der Waals surface area contributed by atoms with Crippen LogP contribution in [0.1, 0.15) is 25.3 Å². The fourth-order valence-electron chi connectivity index (χ4n) is 1.30. The summed E-state index contributed by atoms with van der Waals surface area (Å²) < 4.78 is 5.13. The fourth-order valence-corrected chi connectivity index (χ4v) is 1.30. The molecule has 13 heavy (non-hydrogen) atoms. The van der Waals surface area contributed by atoms with Crippen molar-refractivity contribution in [3.8, 4) is 0 Å². The number of nitrogens with zero attached hydrogens (tertiary/aromatic N) is 2. The second-order valence-corrected chi connectivity index (χ2v) is 3.33. The topological polar surface area (TPSA) is 64.9 Å². The molecule has 4 nitrogen and oxygen atoms in total. The minimum atomic E-state index is 0.364. The van der Waals surface area contributed by atoms with Gasteiger partial charge in [0.2, 0.25) is 0 Å². The van der Waals surface area contributed by atoms with Gasteiger partial charge in [-0.05, 0) is 5.92 Å². The van der Waals surface area contributed by atoms with Gasteiger partial charge in [-0.15, -0.1) is 0 Å². The summed E-state index contributed by atoms with van der Waals surface area (Å²) in [5.41, 5.74) is 7.40. The minimum absolute atomic E-state index is 0.364. The molecule has 2 heterocycles. The Morgan fingerprint density at radius 3 is 2.85 bits per heavy atom. The molecule has 0 aliphatic carbocycles. The Hall–Kier alpha value is -1.58. The predicted molar refractivity (Wildman–Crippen MR) is 50.3 cm³/mol. The average Bonchev–Trinajstić information content (AvgIpc) is 2.48. The first-order chi connectivity index (χ1) is 6.20. The lowest BCUT2D eigenvalue weighted by atomic mass is 10.0. The zero-order valence-corrected chi connectivity index (χ0v) is 7.61. The van der Waals surface area contributed by atoms with E-state index >= 15 is 0 Å². The summed E-state index contributed by atoms with van der Waals surface area (Å²) in [6, 6.07) is 0. The molecule has 2 rings (SSSR count). The first-order valence-corrected chi connectivity index (χ1v) is 4.19. The summed E-state index contributed by atoms with van der Waals surface area (Å²) in [4.78, 5) is 4.09. The van der Waals surface area contributed by atoms with E-state index < -0.39 is 0 Å². The van der Waals surface area contributed by atoms with Crippen LogP contribution in [-0.4, -0.2) is 10.1 Å². The number of aromatic nitrogens is 2. The van der Waals surface area contributed by atoms with E-state index in [2.05, 4.69) is 24.0 Å². The van der Waals surface area contributed by atoms with Crippen molar-refractivity contribution in [1.29, 1.82) is 0 Å². The average molecular weight is 177 g/mol. The molecule has 4 heteroatoms. The molecule has 0 fully saturated rings. The number of fused-ring (bicyclic) bond motifs is 1. The van der Waals surface area contributed by atoms with E-state index in [9.17, 15) is 0 Å². The summed E-state index contributed by atoms with van der Waals surface area (Å²) in [6.07, 6.45) is 3.46. The molecular weight excluding hydrogens is 166 g/mol. The van der Waals surface area contributed by atoms with Gasteiger partial charge in [0.15, 0.2) is 11.4 Å². The smallest absolute Gasteiger partial charge is 0.176 e. The van der Waals surface area contributed by atoms with Crippen LogP contribution in [0.15, 0.2) is 16.9 Å². The molecule has 2 N–H and O–H groups in total. The first-order valence-electron chi connectivity index (χ1n) is 4.19. The quantitative estimate of drug-likeness (QED) is 0.722. The Morgan fingerprint density at radius 1 is 1.38 bits per heavy atom. The number of anilines is 1. The maximum absolute atomic E-state index is 5.60. The summed E-state index contributed by atoms with van der Waals surface area (Å²) >= 11 is 0. The van der Waals surface area contributed by atoms with E-state index in [-0.39, 0.29) is 0 Å². The third kappa shape index (κ3) is 1.14. The van der Waals surface area contributed by atoms with E-state index in [1.807, 2.05) is 0 Å². The second kappa shape index (κ2) is 2.73. The standard InChI is InChI=1S/C9H11N3O/c1-5(2)6-3-11-4-7-8(6)13-12-9(7)10/h3-5H,1-2H3,(H2,10,12). The lowest BCUT2D eigenvalue weighted by Gasteiger charge is -2.02. The lowest BCUT2D eigenvalue weighted by molar-refractivity contribution is 0.456.